The van der Waals surface area contributed by atoms with Gasteiger partial charge in [0.1, 0.15) is 18.1 Å². The highest BCUT2D eigenvalue weighted by molar-refractivity contribution is 6.26. The van der Waals surface area contributed by atoms with E-state index in [0.29, 0.717) is 6.42 Å². The van der Waals surface area contributed by atoms with Crippen molar-refractivity contribution in [1.82, 2.24) is 0 Å². The van der Waals surface area contributed by atoms with Crippen LogP contribution < -0.4 is 0 Å². The molecule has 0 spiro atoms. The van der Waals surface area contributed by atoms with Gasteiger partial charge in [0.2, 0.25) is 0 Å². The fourth-order valence-electron chi connectivity index (χ4n) is 1.22. The van der Waals surface area contributed by atoms with Gasteiger partial charge in [0.25, 0.3) is 0 Å². The van der Waals surface area contributed by atoms with Gasteiger partial charge in [0, 0.05) is 13.3 Å². The van der Waals surface area contributed by atoms with Crippen molar-refractivity contribution in [2.45, 2.75) is 25.6 Å². The van der Waals surface area contributed by atoms with Gasteiger partial charge in [0.05, 0.1) is 0 Å². The third-order valence-corrected chi connectivity index (χ3v) is 1.93. The predicted molar refractivity (Wildman–Crippen MR) is 49.9 cm³/mol. The second-order valence-electron chi connectivity index (χ2n) is 2.93. The van der Waals surface area contributed by atoms with E-state index in [2.05, 4.69) is 0 Å². The molecule has 2 atom stereocenters. The van der Waals surface area contributed by atoms with E-state index in [1.807, 2.05) is 0 Å². The van der Waals surface area contributed by atoms with Crippen LogP contribution in [0.3, 0.4) is 0 Å². The molecule has 78 valence electrons. The van der Waals surface area contributed by atoms with Crippen molar-refractivity contribution in [2.75, 3.05) is 5.88 Å². The molecular formula is C9H11ClO4. The summed E-state index contributed by atoms with van der Waals surface area (Å²) in [5.74, 6) is -0.975. The molecule has 0 aromatic heterocycles. The number of alkyl halides is 1. The number of esters is 2. The van der Waals surface area contributed by atoms with Gasteiger partial charge in [-0.05, 0) is 12.2 Å². The first-order chi connectivity index (χ1) is 6.61. The summed E-state index contributed by atoms with van der Waals surface area (Å²) in [7, 11) is 0. The molecule has 0 saturated carbocycles. The summed E-state index contributed by atoms with van der Waals surface area (Å²) in [5, 5.41) is 0. The van der Waals surface area contributed by atoms with Crippen LogP contribution in [-0.4, -0.2) is 30.0 Å². The molecule has 0 saturated heterocycles. The van der Waals surface area contributed by atoms with E-state index in [1.54, 1.807) is 12.2 Å². The van der Waals surface area contributed by atoms with Crippen molar-refractivity contribution in [1.29, 1.82) is 0 Å². The minimum absolute atomic E-state index is 0.164. The fraction of sp³-hybridized carbons (Fsp3) is 0.556. The Hall–Kier alpha value is -1.03. The van der Waals surface area contributed by atoms with Crippen molar-refractivity contribution in [3.8, 4) is 0 Å². The van der Waals surface area contributed by atoms with E-state index in [-0.39, 0.29) is 24.1 Å². The van der Waals surface area contributed by atoms with Crippen LogP contribution in [0.1, 0.15) is 13.3 Å². The van der Waals surface area contributed by atoms with Gasteiger partial charge < -0.3 is 9.47 Å². The third kappa shape index (κ3) is 3.38. The van der Waals surface area contributed by atoms with Crippen LogP contribution in [0.5, 0.6) is 0 Å². The SMILES string of the molecule is CC(=O)O[C@H]1C=C[C@H](OC(=O)CCl)C1. The van der Waals surface area contributed by atoms with Gasteiger partial charge in [-0.15, -0.1) is 11.6 Å². The molecule has 0 heterocycles. The lowest BCUT2D eigenvalue weighted by molar-refractivity contribution is -0.147. The Kier molecular flexibility index (Phi) is 3.95. The Morgan fingerprint density at radius 1 is 1.36 bits per heavy atom. The summed E-state index contributed by atoms with van der Waals surface area (Å²) < 4.78 is 9.83. The molecular weight excluding hydrogens is 208 g/mol. The van der Waals surface area contributed by atoms with Crippen molar-refractivity contribution in [3.05, 3.63) is 12.2 Å². The Balaban J connectivity index is 2.32. The summed E-state index contributed by atoms with van der Waals surface area (Å²) in [5.41, 5.74) is 0. The Bertz CT molecular complexity index is 262. The highest BCUT2D eigenvalue weighted by atomic mass is 35.5. The third-order valence-electron chi connectivity index (χ3n) is 1.71. The van der Waals surface area contributed by atoms with Crippen LogP contribution in [0.4, 0.5) is 0 Å². The maximum atomic E-state index is 10.8. The lowest BCUT2D eigenvalue weighted by Gasteiger charge is -2.12. The molecule has 0 unspecified atom stereocenters. The van der Waals surface area contributed by atoms with Crippen LogP contribution in [0.25, 0.3) is 0 Å². The Morgan fingerprint density at radius 3 is 2.43 bits per heavy atom. The van der Waals surface area contributed by atoms with Gasteiger partial charge in [-0.25, -0.2) is 0 Å². The van der Waals surface area contributed by atoms with E-state index in [4.69, 9.17) is 21.1 Å². The van der Waals surface area contributed by atoms with Crippen LogP contribution in [-0.2, 0) is 19.1 Å². The molecule has 5 heteroatoms. The average molecular weight is 219 g/mol. The zero-order chi connectivity index (χ0) is 10.6. The van der Waals surface area contributed by atoms with Crippen molar-refractivity contribution in [2.24, 2.45) is 0 Å². The average Bonchev–Trinajstić information content (AvgIpc) is 2.51. The molecule has 1 rings (SSSR count). The summed E-state index contributed by atoms with van der Waals surface area (Å²) in [4.78, 5) is 21.4. The molecule has 0 N–H and O–H groups in total. The smallest absolute Gasteiger partial charge is 0.321 e. The zero-order valence-electron chi connectivity index (χ0n) is 7.73. The molecule has 0 radical (unpaired) electrons. The van der Waals surface area contributed by atoms with Crippen LogP contribution in [0.2, 0.25) is 0 Å². The number of hydrogen-bond acceptors (Lipinski definition) is 4. The van der Waals surface area contributed by atoms with Crippen LogP contribution in [0.15, 0.2) is 12.2 Å². The quantitative estimate of drug-likeness (QED) is 0.403. The van der Waals surface area contributed by atoms with E-state index in [1.165, 1.54) is 6.92 Å². The molecule has 0 aromatic rings. The summed E-state index contributed by atoms with van der Waals surface area (Å²) in [6, 6.07) is 0. The predicted octanol–water partition coefficient (Wildman–Crippen LogP) is 1.03. The van der Waals surface area contributed by atoms with E-state index in [0.717, 1.165) is 0 Å². The molecule has 14 heavy (non-hydrogen) atoms. The molecule has 1 aliphatic rings. The first-order valence-corrected chi connectivity index (χ1v) is 4.76. The van der Waals surface area contributed by atoms with Crippen LogP contribution >= 0.6 is 11.6 Å². The lowest BCUT2D eigenvalue weighted by Crippen LogP contribution is -2.19. The normalized spacial score (nSPS) is 24.7. The molecule has 0 amide bonds. The van der Waals surface area contributed by atoms with Crippen LogP contribution in [0, 0.1) is 0 Å². The second kappa shape index (κ2) is 5.00. The largest absolute Gasteiger partial charge is 0.458 e. The van der Waals surface area contributed by atoms with E-state index in [9.17, 15) is 9.59 Å². The number of halogens is 1. The topological polar surface area (TPSA) is 52.6 Å². The van der Waals surface area contributed by atoms with Crippen molar-refractivity contribution < 1.29 is 19.1 Å². The Morgan fingerprint density at radius 2 is 1.93 bits per heavy atom. The summed E-state index contributed by atoms with van der Waals surface area (Å²) in [6.07, 6.45) is 3.25. The molecule has 0 aromatic carbocycles. The van der Waals surface area contributed by atoms with Crippen molar-refractivity contribution >= 4 is 23.5 Å². The number of carbonyl (C=O) groups excluding carboxylic acids is 2. The zero-order valence-corrected chi connectivity index (χ0v) is 8.49. The molecule has 4 nitrogen and oxygen atoms in total. The van der Waals surface area contributed by atoms with Crippen molar-refractivity contribution in [3.63, 3.8) is 0 Å². The molecule has 0 aliphatic heterocycles. The highest BCUT2D eigenvalue weighted by Crippen LogP contribution is 2.17. The number of hydrogen-bond donors (Lipinski definition) is 0. The lowest BCUT2D eigenvalue weighted by atomic mass is 10.3. The minimum atomic E-state index is -0.468. The number of carbonyl (C=O) groups is 2. The minimum Gasteiger partial charge on any atom is -0.458 e. The first-order valence-electron chi connectivity index (χ1n) is 4.23. The molecule has 1 aliphatic carbocycles. The fourth-order valence-corrected chi connectivity index (χ4v) is 1.29. The second-order valence-corrected chi connectivity index (χ2v) is 3.20. The highest BCUT2D eigenvalue weighted by Gasteiger charge is 2.23. The Labute approximate surface area is 86.8 Å². The summed E-state index contributed by atoms with van der Waals surface area (Å²) in [6.45, 7) is 1.34. The summed E-state index contributed by atoms with van der Waals surface area (Å²) >= 11 is 5.27. The monoisotopic (exact) mass is 218 g/mol. The van der Waals surface area contributed by atoms with Gasteiger partial charge in [-0.2, -0.15) is 0 Å². The standard InChI is InChI=1S/C9H11ClO4/c1-6(11)13-7-2-3-8(4-7)14-9(12)5-10/h2-3,7-8H,4-5H2,1H3/t7-,8-/m0/s1. The molecule has 0 fully saturated rings. The number of ether oxygens (including phenoxy) is 2. The first kappa shape index (κ1) is 11.0. The number of rotatable bonds is 3. The molecule has 0 bridgehead atoms. The maximum absolute atomic E-state index is 10.8. The van der Waals surface area contributed by atoms with Gasteiger partial charge in [-0.1, -0.05) is 0 Å². The maximum Gasteiger partial charge on any atom is 0.321 e. The van der Waals surface area contributed by atoms with Gasteiger partial charge in [-0.3, -0.25) is 9.59 Å². The van der Waals surface area contributed by atoms with Gasteiger partial charge >= 0.3 is 11.9 Å². The van der Waals surface area contributed by atoms with E-state index >= 15 is 0 Å². The van der Waals surface area contributed by atoms with Gasteiger partial charge in [0.15, 0.2) is 0 Å². The van der Waals surface area contributed by atoms with E-state index < -0.39 is 5.97 Å².